The molecule has 5 nitrogen and oxygen atoms in total. The van der Waals surface area contributed by atoms with Crippen molar-refractivity contribution in [3.8, 4) is 5.75 Å². The maximum Gasteiger partial charge on any atom is 0.271 e. The van der Waals surface area contributed by atoms with Gasteiger partial charge >= 0.3 is 0 Å². The highest BCUT2D eigenvalue weighted by molar-refractivity contribution is 5.94. The molecule has 0 radical (unpaired) electrons. The van der Waals surface area contributed by atoms with Crippen LogP contribution in [0.3, 0.4) is 0 Å². The van der Waals surface area contributed by atoms with Gasteiger partial charge in [-0.15, -0.1) is 0 Å². The lowest BCUT2D eigenvalue weighted by molar-refractivity contribution is 0.0955. The molecule has 0 fully saturated rings. The normalized spacial score (nSPS) is 10.4. The van der Waals surface area contributed by atoms with Crippen molar-refractivity contribution in [2.24, 2.45) is 5.10 Å². The average molecular weight is 269 g/mol. The number of rotatable bonds is 5. The molecular formula is C15H15N3O2. The van der Waals surface area contributed by atoms with Crippen LogP contribution in [0.1, 0.15) is 22.8 Å². The number of carbonyl (C=O) groups is 1. The molecule has 1 aromatic heterocycles. The van der Waals surface area contributed by atoms with Crippen LogP contribution in [0.4, 0.5) is 0 Å². The smallest absolute Gasteiger partial charge is 0.271 e. The molecule has 0 spiro atoms. The molecule has 5 heteroatoms. The second-order valence-corrected chi connectivity index (χ2v) is 3.94. The third-order valence-electron chi connectivity index (χ3n) is 2.49. The molecule has 2 aromatic rings. The van der Waals surface area contributed by atoms with Crippen LogP contribution in [0.5, 0.6) is 5.75 Å². The third-order valence-corrected chi connectivity index (χ3v) is 2.49. The molecule has 20 heavy (non-hydrogen) atoms. The molecule has 0 saturated heterocycles. The van der Waals surface area contributed by atoms with E-state index in [0.29, 0.717) is 12.2 Å². The van der Waals surface area contributed by atoms with E-state index in [2.05, 4.69) is 15.5 Å². The summed E-state index contributed by atoms with van der Waals surface area (Å²) in [6.07, 6.45) is 4.88. The number of amides is 1. The average Bonchev–Trinajstić information content (AvgIpc) is 2.49. The lowest BCUT2D eigenvalue weighted by atomic mass is 10.2. The highest BCUT2D eigenvalue weighted by atomic mass is 16.5. The maximum atomic E-state index is 11.8. The number of carbonyl (C=O) groups excluding carboxylic acids is 1. The fraction of sp³-hybridized carbons (Fsp3) is 0.133. The molecule has 102 valence electrons. The van der Waals surface area contributed by atoms with Gasteiger partial charge in [0, 0.05) is 23.5 Å². The molecule has 0 aliphatic rings. The molecule has 1 amide bonds. The van der Waals surface area contributed by atoms with E-state index >= 15 is 0 Å². The number of nitrogens with zero attached hydrogens (tertiary/aromatic N) is 2. The van der Waals surface area contributed by atoms with Crippen molar-refractivity contribution < 1.29 is 9.53 Å². The highest BCUT2D eigenvalue weighted by Crippen LogP contribution is 2.11. The van der Waals surface area contributed by atoms with E-state index in [-0.39, 0.29) is 5.91 Å². The van der Waals surface area contributed by atoms with Gasteiger partial charge in [-0.3, -0.25) is 9.78 Å². The van der Waals surface area contributed by atoms with Gasteiger partial charge in [0.05, 0.1) is 12.8 Å². The number of pyridine rings is 1. The summed E-state index contributed by atoms with van der Waals surface area (Å²) in [5.41, 5.74) is 3.80. The number of hydrogen-bond acceptors (Lipinski definition) is 4. The highest BCUT2D eigenvalue weighted by Gasteiger charge is 2.03. The SMILES string of the molecule is CCOc1ccc(C(=O)N/N=C\c2cccnc2)cc1. The molecule has 2 rings (SSSR count). The van der Waals surface area contributed by atoms with E-state index in [1.54, 1.807) is 48.9 Å². The summed E-state index contributed by atoms with van der Waals surface area (Å²) in [4.78, 5) is 15.8. The fourth-order valence-corrected chi connectivity index (χ4v) is 1.55. The first kappa shape index (κ1) is 13.7. The number of ether oxygens (including phenoxy) is 1. The van der Waals surface area contributed by atoms with Gasteiger partial charge in [0.25, 0.3) is 5.91 Å². The van der Waals surface area contributed by atoms with Crippen molar-refractivity contribution in [2.45, 2.75) is 6.92 Å². The molecule has 1 N–H and O–H groups in total. The molecule has 0 aliphatic carbocycles. The van der Waals surface area contributed by atoms with Gasteiger partial charge < -0.3 is 4.74 Å². The van der Waals surface area contributed by atoms with Crippen molar-refractivity contribution in [3.63, 3.8) is 0 Å². The summed E-state index contributed by atoms with van der Waals surface area (Å²) < 4.78 is 5.31. The predicted molar refractivity (Wildman–Crippen MR) is 76.9 cm³/mol. The van der Waals surface area contributed by atoms with Crippen molar-refractivity contribution in [3.05, 3.63) is 59.9 Å². The van der Waals surface area contributed by atoms with Gasteiger partial charge in [0.1, 0.15) is 5.75 Å². The summed E-state index contributed by atoms with van der Waals surface area (Å²) in [6, 6.07) is 10.5. The van der Waals surface area contributed by atoms with Crippen LogP contribution in [0, 0.1) is 0 Å². The van der Waals surface area contributed by atoms with Crippen LogP contribution in [0.25, 0.3) is 0 Å². The number of hydrazone groups is 1. The number of nitrogens with one attached hydrogen (secondary N) is 1. The summed E-state index contributed by atoms with van der Waals surface area (Å²) in [5, 5.41) is 3.88. The Kier molecular flexibility index (Phi) is 4.83. The molecule has 0 saturated carbocycles. The van der Waals surface area contributed by atoms with Crippen molar-refractivity contribution in [2.75, 3.05) is 6.61 Å². The van der Waals surface area contributed by atoms with Gasteiger partial charge in [0.2, 0.25) is 0 Å². The van der Waals surface area contributed by atoms with Crippen LogP contribution in [0.2, 0.25) is 0 Å². The van der Waals surface area contributed by atoms with Crippen molar-refractivity contribution >= 4 is 12.1 Å². The second kappa shape index (κ2) is 7.04. The van der Waals surface area contributed by atoms with E-state index in [0.717, 1.165) is 11.3 Å². The number of aromatic nitrogens is 1. The lowest BCUT2D eigenvalue weighted by Gasteiger charge is -2.03. The molecule has 0 unspecified atom stereocenters. The quantitative estimate of drug-likeness (QED) is 0.669. The number of benzene rings is 1. The zero-order valence-electron chi connectivity index (χ0n) is 11.1. The van der Waals surface area contributed by atoms with Gasteiger partial charge in [-0.1, -0.05) is 6.07 Å². The summed E-state index contributed by atoms with van der Waals surface area (Å²) in [7, 11) is 0. The molecule has 0 aliphatic heterocycles. The first-order chi connectivity index (χ1) is 9.79. The second-order valence-electron chi connectivity index (χ2n) is 3.94. The van der Waals surface area contributed by atoms with E-state index in [1.807, 2.05) is 13.0 Å². The topological polar surface area (TPSA) is 63.6 Å². The maximum absolute atomic E-state index is 11.8. The fourth-order valence-electron chi connectivity index (χ4n) is 1.55. The third kappa shape index (κ3) is 3.91. The first-order valence-corrected chi connectivity index (χ1v) is 6.26. The summed E-state index contributed by atoms with van der Waals surface area (Å²) >= 11 is 0. The van der Waals surface area contributed by atoms with Crippen LogP contribution >= 0.6 is 0 Å². The first-order valence-electron chi connectivity index (χ1n) is 6.26. The Hall–Kier alpha value is -2.69. The lowest BCUT2D eigenvalue weighted by Crippen LogP contribution is -2.17. The zero-order chi connectivity index (χ0) is 14.2. The Labute approximate surface area is 117 Å². The molecule has 1 heterocycles. The largest absolute Gasteiger partial charge is 0.494 e. The molecule has 0 atom stereocenters. The molecule has 1 aromatic carbocycles. The predicted octanol–water partition coefficient (Wildman–Crippen LogP) is 2.24. The van der Waals surface area contributed by atoms with E-state index in [9.17, 15) is 4.79 Å². The van der Waals surface area contributed by atoms with Crippen LogP contribution in [0.15, 0.2) is 53.9 Å². The Balaban J connectivity index is 1.93. The monoisotopic (exact) mass is 269 g/mol. The Morgan fingerprint density at radius 1 is 1.35 bits per heavy atom. The van der Waals surface area contributed by atoms with Gasteiger partial charge in [-0.05, 0) is 37.3 Å². The standard InChI is InChI=1S/C15H15N3O2/c1-2-20-14-7-5-13(6-8-14)15(19)18-17-11-12-4-3-9-16-10-12/h3-11H,2H2,1H3,(H,18,19)/b17-11-. The van der Waals surface area contributed by atoms with E-state index in [4.69, 9.17) is 4.74 Å². The minimum Gasteiger partial charge on any atom is -0.494 e. The summed E-state index contributed by atoms with van der Waals surface area (Å²) in [5.74, 6) is 0.469. The molecule has 0 bridgehead atoms. The van der Waals surface area contributed by atoms with Crippen molar-refractivity contribution in [1.82, 2.24) is 10.4 Å². The molecular weight excluding hydrogens is 254 g/mol. The van der Waals surface area contributed by atoms with E-state index in [1.165, 1.54) is 0 Å². The van der Waals surface area contributed by atoms with Crippen LogP contribution in [-0.4, -0.2) is 23.7 Å². The van der Waals surface area contributed by atoms with Gasteiger partial charge in [-0.25, -0.2) is 5.43 Å². The Bertz CT molecular complexity index is 580. The Morgan fingerprint density at radius 2 is 2.15 bits per heavy atom. The van der Waals surface area contributed by atoms with E-state index < -0.39 is 0 Å². The minimum atomic E-state index is -0.270. The summed E-state index contributed by atoms with van der Waals surface area (Å²) in [6.45, 7) is 2.51. The number of hydrogen-bond donors (Lipinski definition) is 1. The minimum absolute atomic E-state index is 0.270. The van der Waals surface area contributed by atoms with Crippen LogP contribution < -0.4 is 10.2 Å². The van der Waals surface area contributed by atoms with Crippen LogP contribution in [-0.2, 0) is 0 Å². The van der Waals surface area contributed by atoms with Gasteiger partial charge in [-0.2, -0.15) is 5.10 Å². The van der Waals surface area contributed by atoms with Crippen molar-refractivity contribution in [1.29, 1.82) is 0 Å². The Morgan fingerprint density at radius 3 is 2.80 bits per heavy atom. The zero-order valence-corrected chi connectivity index (χ0v) is 11.1. The van der Waals surface area contributed by atoms with Gasteiger partial charge in [0.15, 0.2) is 0 Å².